The predicted molar refractivity (Wildman–Crippen MR) is 92.3 cm³/mol. The Labute approximate surface area is 144 Å². The number of hydrogen-bond donors (Lipinski definition) is 0. The number of morpholine rings is 1. The summed E-state index contributed by atoms with van der Waals surface area (Å²) in [5, 5.41) is 8.92. The molecule has 0 atom stereocenters. The second-order valence-corrected chi connectivity index (χ2v) is 5.82. The van der Waals surface area contributed by atoms with E-state index in [2.05, 4.69) is 15.9 Å². The van der Waals surface area contributed by atoms with Crippen molar-refractivity contribution in [2.24, 2.45) is 0 Å². The molecule has 132 valence electrons. The van der Waals surface area contributed by atoms with E-state index in [0.717, 1.165) is 69.5 Å². The van der Waals surface area contributed by atoms with Gasteiger partial charge in [-0.2, -0.15) is 5.26 Å². The molecule has 6 nitrogen and oxygen atoms in total. The molecule has 1 aromatic rings. The standard InChI is InChI=1S/C18H27N3O3/c1-22-17-5-4-16(18(14-17)23-2)15-21(7-3-6-19)9-8-20-10-12-24-13-11-20/h4-5,14H,3,7-13,15H2,1-2H3. The Morgan fingerprint density at radius 3 is 2.67 bits per heavy atom. The highest BCUT2D eigenvalue weighted by atomic mass is 16.5. The van der Waals surface area contributed by atoms with Gasteiger partial charge in [0, 0.05) is 57.3 Å². The van der Waals surface area contributed by atoms with Crippen molar-refractivity contribution in [1.82, 2.24) is 9.80 Å². The molecule has 1 aromatic carbocycles. The molecular weight excluding hydrogens is 306 g/mol. The lowest BCUT2D eigenvalue weighted by molar-refractivity contribution is 0.0330. The molecule has 0 amide bonds. The molecule has 6 heteroatoms. The fourth-order valence-electron chi connectivity index (χ4n) is 2.81. The first-order valence-corrected chi connectivity index (χ1v) is 8.37. The highest BCUT2D eigenvalue weighted by Gasteiger charge is 2.14. The Hall–Kier alpha value is -1.81. The van der Waals surface area contributed by atoms with Gasteiger partial charge in [-0.25, -0.2) is 0 Å². The Morgan fingerprint density at radius 2 is 2.00 bits per heavy atom. The Balaban J connectivity index is 1.98. The molecule has 0 N–H and O–H groups in total. The summed E-state index contributed by atoms with van der Waals surface area (Å²) in [6.07, 6.45) is 0.529. The van der Waals surface area contributed by atoms with Crippen LogP contribution in [0.3, 0.4) is 0 Å². The zero-order valence-corrected chi connectivity index (χ0v) is 14.7. The van der Waals surface area contributed by atoms with Gasteiger partial charge in [0.05, 0.1) is 33.5 Å². The zero-order valence-electron chi connectivity index (χ0n) is 14.7. The molecule has 0 radical (unpaired) electrons. The monoisotopic (exact) mass is 333 g/mol. The predicted octanol–water partition coefficient (Wildman–Crippen LogP) is 1.75. The van der Waals surface area contributed by atoms with E-state index in [4.69, 9.17) is 19.5 Å². The van der Waals surface area contributed by atoms with Gasteiger partial charge in [0.1, 0.15) is 11.5 Å². The van der Waals surface area contributed by atoms with Gasteiger partial charge in [0.2, 0.25) is 0 Å². The van der Waals surface area contributed by atoms with Crippen LogP contribution < -0.4 is 9.47 Å². The van der Waals surface area contributed by atoms with Crippen LogP contribution >= 0.6 is 0 Å². The van der Waals surface area contributed by atoms with Crippen LogP contribution in [-0.4, -0.2) is 70.0 Å². The molecule has 1 aliphatic heterocycles. The van der Waals surface area contributed by atoms with Gasteiger partial charge in [0.25, 0.3) is 0 Å². The first-order valence-electron chi connectivity index (χ1n) is 8.37. The van der Waals surface area contributed by atoms with E-state index in [1.165, 1.54) is 0 Å². The first-order chi connectivity index (χ1) is 11.8. The number of hydrogen-bond acceptors (Lipinski definition) is 6. The molecule has 0 saturated carbocycles. The maximum atomic E-state index is 8.92. The van der Waals surface area contributed by atoms with Crippen molar-refractivity contribution >= 4 is 0 Å². The molecule has 1 heterocycles. The van der Waals surface area contributed by atoms with Crippen LogP contribution in [0.1, 0.15) is 12.0 Å². The second-order valence-electron chi connectivity index (χ2n) is 5.82. The Kier molecular flexibility index (Phi) is 7.83. The van der Waals surface area contributed by atoms with Crippen LogP contribution in [0.4, 0.5) is 0 Å². The number of nitriles is 1. The number of ether oxygens (including phenoxy) is 3. The third-order valence-corrected chi connectivity index (χ3v) is 4.26. The third-order valence-electron chi connectivity index (χ3n) is 4.26. The summed E-state index contributed by atoms with van der Waals surface area (Å²) in [6.45, 7) is 7.03. The summed E-state index contributed by atoms with van der Waals surface area (Å²) in [6, 6.07) is 8.13. The quantitative estimate of drug-likeness (QED) is 0.686. The first kappa shape index (κ1) is 18.5. The van der Waals surface area contributed by atoms with Gasteiger partial charge < -0.3 is 14.2 Å². The van der Waals surface area contributed by atoms with Gasteiger partial charge in [-0.1, -0.05) is 6.07 Å². The molecule has 24 heavy (non-hydrogen) atoms. The van der Waals surface area contributed by atoms with Crippen molar-refractivity contribution < 1.29 is 14.2 Å². The maximum Gasteiger partial charge on any atom is 0.127 e. The lowest BCUT2D eigenvalue weighted by Crippen LogP contribution is -2.41. The molecule has 1 saturated heterocycles. The van der Waals surface area contributed by atoms with Gasteiger partial charge in [-0.15, -0.1) is 0 Å². The molecular formula is C18H27N3O3. The van der Waals surface area contributed by atoms with Gasteiger partial charge in [0.15, 0.2) is 0 Å². The highest BCUT2D eigenvalue weighted by molar-refractivity contribution is 5.40. The van der Waals surface area contributed by atoms with E-state index in [1.54, 1.807) is 14.2 Å². The lowest BCUT2D eigenvalue weighted by Gasteiger charge is -2.30. The van der Waals surface area contributed by atoms with E-state index in [-0.39, 0.29) is 0 Å². The average Bonchev–Trinajstić information content (AvgIpc) is 2.64. The van der Waals surface area contributed by atoms with E-state index >= 15 is 0 Å². The van der Waals surface area contributed by atoms with Crippen molar-refractivity contribution in [1.29, 1.82) is 5.26 Å². The van der Waals surface area contributed by atoms with Crippen LogP contribution in [-0.2, 0) is 11.3 Å². The number of benzene rings is 1. The average molecular weight is 333 g/mol. The van der Waals surface area contributed by atoms with Crippen LogP contribution in [0.15, 0.2) is 18.2 Å². The minimum Gasteiger partial charge on any atom is -0.497 e. The van der Waals surface area contributed by atoms with Crippen molar-refractivity contribution in [2.45, 2.75) is 13.0 Å². The smallest absolute Gasteiger partial charge is 0.127 e. The van der Waals surface area contributed by atoms with Crippen LogP contribution in [0, 0.1) is 11.3 Å². The molecule has 0 aliphatic carbocycles. The molecule has 0 aromatic heterocycles. The van der Waals surface area contributed by atoms with E-state index in [0.29, 0.717) is 6.42 Å². The highest BCUT2D eigenvalue weighted by Crippen LogP contribution is 2.25. The van der Waals surface area contributed by atoms with Gasteiger partial charge in [-0.3, -0.25) is 9.80 Å². The van der Waals surface area contributed by atoms with Crippen molar-refractivity contribution in [3.8, 4) is 17.6 Å². The molecule has 1 aliphatic rings. The van der Waals surface area contributed by atoms with Crippen LogP contribution in [0.2, 0.25) is 0 Å². The van der Waals surface area contributed by atoms with Crippen molar-refractivity contribution in [2.75, 3.05) is 60.2 Å². The van der Waals surface area contributed by atoms with E-state index in [9.17, 15) is 0 Å². The summed E-state index contributed by atoms with van der Waals surface area (Å²) in [5.74, 6) is 1.61. The van der Waals surface area contributed by atoms with Crippen molar-refractivity contribution in [3.63, 3.8) is 0 Å². The summed E-state index contributed by atoms with van der Waals surface area (Å²) in [4.78, 5) is 4.72. The molecule has 0 bridgehead atoms. The Morgan fingerprint density at radius 1 is 1.21 bits per heavy atom. The number of rotatable bonds is 9. The third kappa shape index (κ3) is 5.68. The zero-order chi connectivity index (χ0) is 17.2. The maximum absolute atomic E-state index is 8.92. The fourth-order valence-corrected chi connectivity index (χ4v) is 2.81. The van der Waals surface area contributed by atoms with Crippen molar-refractivity contribution in [3.05, 3.63) is 23.8 Å². The number of methoxy groups -OCH3 is 2. The lowest BCUT2D eigenvalue weighted by atomic mass is 10.1. The van der Waals surface area contributed by atoms with E-state index in [1.807, 2.05) is 18.2 Å². The largest absolute Gasteiger partial charge is 0.497 e. The summed E-state index contributed by atoms with van der Waals surface area (Å²) >= 11 is 0. The Bertz CT molecular complexity index is 539. The molecule has 1 fully saturated rings. The summed E-state index contributed by atoms with van der Waals surface area (Å²) in [7, 11) is 3.32. The molecule has 0 unspecified atom stereocenters. The molecule has 0 spiro atoms. The van der Waals surface area contributed by atoms with Crippen LogP contribution in [0.5, 0.6) is 11.5 Å². The number of nitrogens with zero attached hydrogens (tertiary/aromatic N) is 3. The van der Waals surface area contributed by atoms with Gasteiger partial charge >= 0.3 is 0 Å². The SMILES string of the molecule is COc1ccc(CN(CCC#N)CCN2CCOCC2)c(OC)c1. The fraction of sp³-hybridized carbons (Fsp3) is 0.611. The minimum atomic E-state index is 0.529. The van der Waals surface area contributed by atoms with E-state index < -0.39 is 0 Å². The topological polar surface area (TPSA) is 58.0 Å². The minimum absolute atomic E-state index is 0.529. The summed E-state index contributed by atoms with van der Waals surface area (Å²) in [5.41, 5.74) is 1.11. The second kappa shape index (κ2) is 10.1. The summed E-state index contributed by atoms with van der Waals surface area (Å²) < 4.78 is 16.1. The van der Waals surface area contributed by atoms with Crippen LogP contribution in [0.25, 0.3) is 0 Å². The normalized spacial score (nSPS) is 15.2. The van der Waals surface area contributed by atoms with Gasteiger partial charge in [-0.05, 0) is 6.07 Å². The molecule has 2 rings (SSSR count).